The van der Waals surface area contributed by atoms with Gasteiger partial charge in [-0.15, -0.1) is 0 Å². The standard InChI is InChI=1S/C17H17FN2O3/c1-3-11-4-6-12(7-5-11)16(21)19-20-17(22)14-10-13(18)8-9-15(14)23-2/h4-10H,3H2,1-2H3,(H,19,21)(H,20,22). The molecule has 0 aliphatic carbocycles. The number of ether oxygens (including phenoxy) is 1. The molecule has 2 amide bonds. The number of hydrogen-bond acceptors (Lipinski definition) is 3. The van der Waals surface area contributed by atoms with Gasteiger partial charge < -0.3 is 4.74 Å². The first-order valence-corrected chi connectivity index (χ1v) is 7.08. The fraction of sp³-hybridized carbons (Fsp3) is 0.176. The Morgan fingerprint density at radius 3 is 2.30 bits per heavy atom. The van der Waals surface area contributed by atoms with Gasteiger partial charge in [-0.2, -0.15) is 0 Å². The Kier molecular flexibility index (Phi) is 5.30. The number of amides is 2. The molecule has 2 N–H and O–H groups in total. The van der Waals surface area contributed by atoms with E-state index in [2.05, 4.69) is 10.9 Å². The van der Waals surface area contributed by atoms with E-state index in [4.69, 9.17) is 4.74 Å². The van der Waals surface area contributed by atoms with Crippen molar-refractivity contribution in [2.24, 2.45) is 0 Å². The minimum atomic E-state index is -0.667. The number of rotatable bonds is 4. The molecule has 2 rings (SSSR count). The average molecular weight is 316 g/mol. The second-order valence-corrected chi connectivity index (χ2v) is 4.80. The minimum absolute atomic E-state index is 0.00543. The van der Waals surface area contributed by atoms with E-state index in [0.717, 1.165) is 18.1 Å². The SMILES string of the molecule is CCc1ccc(C(=O)NNC(=O)c2cc(F)ccc2OC)cc1. The fourth-order valence-electron chi connectivity index (χ4n) is 2.00. The van der Waals surface area contributed by atoms with Crippen LogP contribution in [0.2, 0.25) is 0 Å². The molecule has 0 saturated heterocycles. The Morgan fingerprint density at radius 1 is 1.04 bits per heavy atom. The van der Waals surface area contributed by atoms with E-state index in [0.29, 0.717) is 5.56 Å². The topological polar surface area (TPSA) is 67.4 Å². The third-order valence-corrected chi connectivity index (χ3v) is 3.32. The largest absolute Gasteiger partial charge is 0.496 e. The maximum absolute atomic E-state index is 13.3. The zero-order chi connectivity index (χ0) is 16.8. The van der Waals surface area contributed by atoms with Crippen molar-refractivity contribution in [2.45, 2.75) is 13.3 Å². The Labute approximate surface area is 133 Å². The summed E-state index contributed by atoms with van der Waals surface area (Å²) in [6.07, 6.45) is 0.873. The fourth-order valence-corrected chi connectivity index (χ4v) is 2.00. The summed E-state index contributed by atoms with van der Waals surface area (Å²) in [5.74, 6) is -1.49. The quantitative estimate of drug-likeness (QED) is 0.852. The first-order chi connectivity index (χ1) is 11.0. The number of hydrazine groups is 1. The van der Waals surface area contributed by atoms with Gasteiger partial charge in [0.15, 0.2) is 0 Å². The number of aryl methyl sites for hydroxylation is 1. The molecule has 0 spiro atoms. The highest BCUT2D eigenvalue weighted by molar-refractivity contribution is 6.00. The molecule has 0 atom stereocenters. The summed E-state index contributed by atoms with van der Waals surface area (Å²) in [7, 11) is 1.37. The predicted octanol–water partition coefficient (Wildman–Crippen LogP) is 2.47. The van der Waals surface area contributed by atoms with Crippen LogP contribution in [-0.4, -0.2) is 18.9 Å². The van der Waals surface area contributed by atoms with Crippen molar-refractivity contribution in [3.63, 3.8) is 0 Å². The van der Waals surface area contributed by atoms with Crippen molar-refractivity contribution in [1.82, 2.24) is 10.9 Å². The molecular weight excluding hydrogens is 299 g/mol. The lowest BCUT2D eigenvalue weighted by Crippen LogP contribution is -2.41. The molecule has 0 radical (unpaired) electrons. The van der Waals surface area contributed by atoms with Gasteiger partial charge in [0.25, 0.3) is 11.8 Å². The van der Waals surface area contributed by atoms with Crippen LogP contribution in [0.15, 0.2) is 42.5 Å². The highest BCUT2D eigenvalue weighted by atomic mass is 19.1. The summed E-state index contributed by atoms with van der Waals surface area (Å²) in [5, 5.41) is 0. The highest BCUT2D eigenvalue weighted by Crippen LogP contribution is 2.18. The summed E-state index contributed by atoms with van der Waals surface area (Å²) in [6.45, 7) is 2.02. The zero-order valence-corrected chi connectivity index (χ0v) is 12.9. The van der Waals surface area contributed by atoms with Gasteiger partial charge in [0.2, 0.25) is 0 Å². The van der Waals surface area contributed by atoms with Crippen molar-refractivity contribution in [2.75, 3.05) is 7.11 Å². The van der Waals surface area contributed by atoms with Crippen LogP contribution < -0.4 is 15.6 Å². The Bertz CT molecular complexity index is 714. The third-order valence-electron chi connectivity index (χ3n) is 3.32. The van der Waals surface area contributed by atoms with Crippen molar-refractivity contribution >= 4 is 11.8 Å². The van der Waals surface area contributed by atoms with Gasteiger partial charge in [0.05, 0.1) is 12.7 Å². The van der Waals surface area contributed by atoms with Gasteiger partial charge in [0, 0.05) is 5.56 Å². The molecule has 0 aromatic heterocycles. The van der Waals surface area contributed by atoms with Crippen LogP contribution in [0.5, 0.6) is 5.75 Å². The van der Waals surface area contributed by atoms with Crippen LogP contribution in [0.25, 0.3) is 0 Å². The van der Waals surface area contributed by atoms with Crippen LogP contribution in [0.4, 0.5) is 4.39 Å². The molecule has 2 aromatic carbocycles. The predicted molar refractivity (Wildman–Crippen MR) is 83.7 cm³/mol. The molecule has 5 nitrogen and oxygen atoms in total. The van der Waals surface area contributed by atoms with E-state index >= 15 is 0 Å². The van der Waals surface area contributed by atoms with Crippen molar-refractivity contribution in [3.8, 4) is 5.75 Å². The normalized spacial score (nSPS) is 10.0. The Morgan fingerprint density at radius 2 is 1.70 bits per heavy atom. The monoisotopic (exact) mass is 316 g/mol. The van der Waals surface area contributed by atoms with E-state index in [9.17, 15) is 14.0 Å². The number of carbonyl (C=O) groups is 2. The lowest BCUT2D eigenvalue weighted by molar-refractivity contribution is 0.0844. The second-order valence-electron chi connectivity index (χ2n) is 4.80. The number of benzene rings is 2. The van der Waals surface area contributed by atoms with Gasteiger partial charge in [0.1, 0.15) is 11.6 Å². The molecule has 0 bridgehead atoms. The summed E-state index contributed by atoms with van der Waals surface area (Å²) < 4.78 is 18.3. The maximum Gasteiger partial charge on any atom is 0.273 e. The molecule has 6 heteroatoms. The molecule has 0 heterocycles. The van der Waals surface area contributed by atoms with Crippen molar-refractivity contribution in [3.05, 3.63) is 65.0 Å². The molecule has 120 valence electrons. The number of halogens is 1. The van der Waals surface area contributed by atoms with E-state index in [1.54, 1.807) is 12.1 Å². The first kappa shape index (κ1) is 16.5. The van der Waals surface area contributed by atoms with Crippen LogP contribution in [0.1, 0.15) is 33.2 Å². The molecule has 23 heavy (non-hydrogen) atoms. The molecule has 2 aromatic rings. The second kappa shape index (κ2) is 7.40. The van der Waals surface area contributed by atoms with Crippen LogP contribution in [0, 0.1) is 5.82 Å². The zero-order valence-electron chi connectivity index (χ0n) is 12.9. The smallest absolute Gasteiger partial charge is 0.273 e. The maximum atomic E-state index is 13.3. The van der Waals surface area contributed by atoms with Crippen molar-refractivity contribution in [1.29, 1.82) is 0 Å². The van der Waals surface area contributed by atoms with Crippen LogP contribution in [-0.2, 0) is 6.42 Å². The average Bonchev–Trinajstić information content (AvgIpc) is 2.59. The van der Waals surface area contributed by atoms with E-state index in [1.807, 2.05) is 19.1 Å². The number of methoxy groups -OCH3 is 1. The molecule has 0 unspecified atom stereocenters. The van der Waals surface area contributed by atoms with Crippen LogP contribution in [0.3, 0.4) is 0 Å². The molecule has 0 fully saturated rings. The summed E-state index contributed by atoms with van der Waals surface area (Å²) >= 11 is 0. The lowest BCUT2D eigenvalue weighted by atomic mass is 10.1. The molecule has 0 aliphatic rings. The van der Waals surface area contributed by atoms with Crippen LogP contribution >= 0.6 is 0 Å². The first-order valence-electron chi connectivity index (χ1n) is 7.08. The Hall–Kier alpha value is -2.89. The number of nitrogens with one attached hydrogen (secondary N) is 2. The van der Waals surface area contributed by atoms with Gasteiger partial charge >= 0.3 is 0 Å². The lowest BCUT2D eigenvalue weighted by Gasteiger charge is -2.10. The molecule has 0 aliphatic heterocycles. The van der Waals surface area contributed by atoms with Gasteiger partial charge in [-0.3, -0.25) is 20.4 Å². The molecular formula is C17H17FN2O3. The third kappa shape index (κ3) is 4.06. The molecule has 0 saturated carbocycles. The van der Waals surface area contributed by atoms with Gasteiger partial charge in [-0.1, -0.05) is 19.1 Å². The van der Waals surface area contributed by atoms with Crippen molar-refractivity contribution < 1.29 is 18.7 Å². The number of carbonyl (C=O) groups excluding carboxylic acids is 2. The highest BCUT2D eigenvalue weighted by Gasteiger charge is 2.14. The Balaban J connectivity index is 2.03. The van der Waals surface area contributed by atoms with Gasteiger partial charge in [-0.05, 0) is 42.3 Å². The summed E-state index contributed by atoms with van der Waals surface area (Å²) in [5.41, 5.74) is 6.04. The van der Waals surface area contributed by atoms with E-state index in [-0.39, 0.29) is 11.3 Å². The minimum Gasteiger partial charge on any atom is -0.496 e. The number of hydrogen-bond donors (Lipinski definition) is 2. The summed E-state index contributed by atoms with van der Waals surface area (Å²) in [4.78, 5) is 24.0. The van der Waals surface area contributed by atoms with E-state index in [1.165, 1.54) is 19.2 Å². The van der Waals surface area contributed by atoms with E-state index < -0.39 is 17.6 Å². The van der Waals surface area contributed by atoms with Gasteiger partial charge in [-0.25, -0.2) is 4.39 Å². The summed E-state index contributed by atoms with van der Waals surface area (Å²) in [6, 6.07) is 10.6.